The van der Waals surface area contributed by atoms with E-state index in [-0.39, 0.29) is 11.8 Å². The van der Waals surface area contributed by atoms with E-state index >= 15 is 0 Å². The molecule has 1 aliphatic rings. The van der Waals surface area contributed by atoms with Crippen molar-refractivity contribution in [1.82, 2.24) is 10.2 Å². The van der Waals surface area contributed by atoms with Crippen molar-refractivity contribution in [3.05, 3.63) is 45.8 Å². The number of H-pyrrole nitrogens is 1. The van der Waals surface area contributed by atoms with E-state index < -0.39 is 11.8 Å². The van der Waals surface area contributed by atoms with Crippen LogP contribution in [0.3, 0.4) is 0 Å². The number of nitrogens with two attached hydrogens (primary N) is 1. The number of nitrogens with zero attached hydrogens (tertiary/aromatic N) is 1. The van der Waals surface area contributed by atoms with Crippen LogP contribution in [0.25, 0.3) is 0 Å². The molecular weight excluding hydrogens is 258 g/mol. The normalized spacial score (nSPS) is 20.2. The second kappa shape index (κ2) is 4.79. The Balaban J connectivity index is 1.97. The first-order valence-corrected chi connectivity index (χ1v) is 6.64. The van der Waals surface area contributed by atoms with E-state index in [9.17, 15) is 4.79 Å². The minimum Gasteiger partial charge on any atom is -0.493 e. The van der Waals surface area contributed by atoms with Gasteiger partial charge in [0.25, 0.3) is 0 Å². The van der Waals surface area contributed by atoms with Gasteiger partial charge in [0.15, 0.2) is 0 Å². The predicted octanol–water partition coefficient (Wildman–Crippen LogP) is 1.66. The largest absolute Gasteiger partial charge is 0.493 e. The quantitative estimate of drug-likeness (QED) is 0.888. The van der Waals surface area contributed by atoms with Gasteiger partial charge in [-0.2, -0.15) is 0 Å². The minimum atomic E-state index is -0.586. The summed E-state index contributed by atoms with van der Waals surface area (Å²) in [6.07, 6.45) is 0. The molecule has 6 heteroatoms. The molecule has 2 heterocycles. The maximum Gasteiger partial charge on any atom is 0.434 e. The molecule has 0 spiro atoms. The SMILES string of the molecule is CC1COc2cccc(C(C)C(N)c3n[nH]c(=O)o3)c21. The Bertz CT molecular complexity index is 676. The van der Waals surface area contributed by atoms with E-state index in [1.54, 1.807) is 0 Å². The highest BCUT2D eigenvalue weighted by Gasteiger charge is 2.29. The van der Waals surface area contributed by atoms with Crippen molar-refractivity contribution in [2.24, 2.45) is 5.73 Å². The third-order valence-corrected chi connectivity index (χ3v) is 3.85. The summed E-state index contributed by atoms with van der Waals surface area (Å²) in [6.45, 7) is 4.81. The van der Waals surface area contributed by atoms with Crippen LogP contribution in [0.4, 0.5) is 0 Å². The van der Waals surface area contributed by atoms with Gasteiger partial charge in [0.1, 0.15) is 5.75 Å². The van der Waals surface area contributed by atoms with Gasteiger partial charge in [-0.3, -0.25) is 0 Å². The molecular formula is C14H17N3O3. The lowest BCUT2D eigenvalue weighted by atomic mass is 9.86. The van der Waals surface area contributed by atoms with Gasteiger partial charge in [0, 0.05) is 17.4 Å². The van der Waals surface area contributed by atoms with Crippen LogP contribution in [0.5, 0.6) is 5.75 Å². The molecule has 106 valence electrons. The van der Waals surface area contributed by atoms with E-state index in [2.05, 4.69) is 17.1 Å². The molecule has 0 fully saturated rings. The van der Waals surface area contributed by atoms with Crippen molar-refractivity contribution in [2.75, 3.05) is 6.61 Å². The number of aromatic nitrogens is 2. The van der Waals surface area contributed by atoms with E-state index in [0.29, 0.717) is 12.5 Å². The molecule has 3 atom stereocenters. The Morgan fingerprint density at radius 1 is 1.50 bits per heavy atom. The van der Waals surface area contributed by atoms with Crippen molar-refractivity contribution in [2.45, 2.75) is 31.7 Å². The first-order chi connectivity index (χ1) is 9.58. The molecule has 0 saturated heterocycles. The Morgan fingerprint density at radius 2 is 2.30 bits per heavy atom. The molecule has 3 unspecified atom stereocenters. The smallest absolute Gasteiger partial charge is 0.434 e. The molecule has 3 N–H and O–H groups in total. The molecule has 1 aromatic carbocycles. The molecule has 2 aromatic rings. The molecule has 3 rings (SSSR count). The van der Waals surface area contributed by atoms with Crippen molar-refractivity contribution >= 4 is 0 Å². The molecule has 0 bridgehead atoms. The zero-order valence-corrected chi connectivity index (χ0v) is 11.4. The van der Waals surface area contributed by atoms with E-state index in [4.69, 9.17) is 14.9 Å². The number of fused-ring (bicyclic) bond motifs is 1. The lowest BCUT2D eigenvalue weighted by Crippen LogP contribution is -2.19. The topological polar surface area (TPSA) is 94.1 Å². The highest BCUT2D eigenvalue weighted by molar-refractivity contribution is 5.47. The number of aromatic amines is 1. The molecule has 6 nitrogen and oxygen atoms in total. The Hall–Kier alpha value is -2.08. The molecule has 0 amide bonds. The summed E-state index contributed by atoms with van der Waals surface area (Å²) < 4.78 is 10.6. The summed E-state index contributed by atoms with van der Waals surface area (Å²) in [7, 11) is 0. The van der Waals surface area contributed by atoms with Crippen LogP contribution < -0.4 is 16.2 Å². The monoisotopic (exact) mass is 275 g/mol. The summed E-state index contributed by atoms with van der Waals surface area (Å²) in [6, 6.07) is 5.48. The number of nitrogens with one attached hydrogen (secondary N) is 1. The second-order valence-corrected chi connectivity index (χ2v) is 5.24. The lowest BCUT2D eigenvalue weighted by Gasteiger charge is -2.20. The summed E-state index contributed by atoms with van der Waals surface area (Å²) in [5.41, 5.74) is 8.47. The van der Waals surface area contributed by atoms with E-state index in [1.165, 1.54) is 5.56 Å². The number of hydrogen-bond acceptors (Lipinski definition) is 5. The standard InChI is InChI=1S/C14H17N3O3/c1-7-6-19-10-5-3-4-9(11(7)10)8(2)12(15)13-16-17-14(18)20-13/h3-5,7-8,12H,6,15H2,1-2H3,(H,17,18). The number of ether oxygens (including phenoxy) is 1. The van der Waals surface area contributed by atoms with Crippen LogP contribution in [0.1, 0.15) is 48.7 Å². The first-order valence-electron chi connectivity index (χ1n) is 6.64. The van der Waals surface area contributed by atoms with Crippen LogP contribution >= 0.6 is 0 Å². The van der Waals surface area contributed by atoms with Crippen molar-refractivity contribution in [3.8, 4) is 5.75 Å². The third-order valence-electron chi connectivity index (χ3n) is 3.85. The first kappa shape index (κ1) is 12.9. The van der Waals surface area contributed by atoms with E-state index in [0.717, 1.165) is 11.3 Å². The van der Waals surface area contributed by atoms with Gasteiger partial charge >= 0.3 is 5.76 Å². The summed E-state index contributed by atoms with van der Waals surface area (Å²) in [4.78, 5) is 11.0. The maximum atomic E-state index is 11.0. The van der Waals surface area contributed by atoms with Crippen molar-refractivity contribution in [3.63, 3.8) is 0 Å². The average Bonchev–Trinajstić information content (AvgIpc) is 3.04. The van der Waals surface area contributed by atoms with Gasteiger partial charge in [-0.25, -0.2) is 9.89 Å². The highest BCUT2D eigenvalue weighted by Crippen LogP contribution is 2.41. The van der Waals surface area contributed by atoms with Crippen LogP contribution in [0.15, 0.2) is 27.4 Å². The Kier molecular flexibility index (Phi) is 3.10. The van der Waals surface area contributed by atoms with Gasteiger partial charge in [0.2, 0.25) is 5.89 Å². The third kappa shape index (κ3) is 2.02. The fraction of sp³-hybridized carbons (Fsp3) is 0.429. The van der Waals surface area contributed by atoms with Crippen LogP contribution in [0.2, 0.25) is 0 Å². The van der Waals surface area contributed by atoms with Crippen molar-refractivity contribution in [1.29, 1.82) is 0 Å². The molecule has 1 aliphatic heterocycles. The van der Waals surface area contributed by atoms with Crippen LogP contribution in [0, 0.1) is 0 Å². The fourth-order valence-corrected chi connectivity index (χ4v) is 2.70. The zero-order chi connectivity index (χ0) is 14.3. The predicted molar refractivity (Wildman–Crippen MR) is 72.8 cm³/mol. The van der Waals surface area contributed by atoms with Gasteiger partial charge in [0.05, 0.1) is 12.6 Å². The fourth-order valence-electron chi connectivity index (χ4n) is 2.70. The van der Waals surface area contributed by atoms with Gasteiger partial charge in [-0.05, 0) is 11.6 Å². The number of hydrogen-bond donors (Lipinski definition) is 2. The molecule has 0 aliphatic carbocycles. The molecule has 1 aromatic heterocycles. The van der Waals surface area contributed by atoms with Gasteiger partial charge in [-0.1, -0.05) is 26.0 Å². The van der Waals surface area contributed by atoms with Crippen molar-refractivity contribution < 1.29 is 9.15 Å². The molecule has 20 heavy (non-hydrogen) atoms. The number of rotatable bonds is 3. The molecule has 0 saturated carbocycles. The summed E-state index contributed by atoms with van der Waals surface area (Å²) in [5, 5.41) is 6.05. The zero-order valence-electron chi connectivity index (χ0n) is 11.4. The summed E-state index contributed by atoms with van der Waals surface area (Å²) in [5.74, 6) is 0.865. The maximum absolute atomic E-state index is 11.0. The minimum absolute atomic E-state index is 0.0273. The number of benzene rings is 1. The Labute approximate surface area is 115 Å². The van der Waals surface area contributed by atoms with Crippen LogP contribution in [-0.4, -0.2) is 16.8 Å². The average molecular weight is 275 g/mol. The second-order valence-electron chi connectivity index (χ2n) is 5.24. The van der Waals surface area contributed by atoms with E-state index in [1.807, 2.05) is 25.1 Å². The lowest BCUT2D eigenvalue weighted by molar-refractivity contribution is 0.337. The van der Waals surface area contributed by atoms with Crippen LogP contribution in [-0.2, 0) is 0 Å². The van der Waals surface area contributed by atoms with Gasteiger partial charge < -0.3 is 14.9 Å². The van der Waals surface area contributed by atoms with Gasteiger partial charge in [-0.15, -0.1) is 5.10 Å². The highest BCUT2D eigenvalue weighted by atomic mass is 16.5. The summed E-state index contributed by atoms with van der Waals surface area (Å²) >= 11 is 0. The molecule has 0 radical (unpaired) electrons. The Morgan fingerprint density at radius 3 is 3.00 bits per heavy atom.